The first-order chi connectivity index (χ1) is 15.5. The summed E-state index contributed by atoms with van der Waals surface area (Å²) in [4.78, 5) is 26.3. The van der Waals surface area contributed by atoms with Gasteiger partial charge in [0.15, 0.2) is 0 Å². The Balaban J connectivity index is 1.31. The number of benzene rings is 1. The fourth-order valence-electron chi connectivity index (χ4n) is 4.59. The standard InChI is InChI=1S/C23H27ClN6O2/c1-14-10-18(28-27-14)16-11-20-19(12-17(16)24)25-13-22(26-20)30-7-5-15(6-8-30)29(2)23(31)21-4-3-9-32-21/h10-13,15,21H,3-9H2,1-2H3,(H,27,28)/t21-/m1/s1. The summed E-state index contributed by atoms with van der Waals surface area (Å²) in [5.41, 5.74) is 4.15. The van der Waals surface area contributed by atoms with E-state index in [4.69, 9.17) is 21.3 Å². The summed E-state index contributed by atoms with van der Waals surface area (Å²) in [5.74, 6) is 0.958. The topological polar surface area (TPSA) is 87.2 Å². The number of aryl methyl sites for hydroxylation is 1. The lowest BCUT2D eigenvalue weighted by molar-refractivity contribution is -0.142. The largest absolute Gasteiger partial charge is 0.368 e. The van der Waals surface area contributed by atoms with Crippen LogP contribution in [0.2, 0.25) is 5.02 Å². The van der Waals surface area contributed by atoms with Gasteiger partial charge in [-0.3, -0.25) is 14.9 Å². The summed E-state index contributed by atoms with van der Waals surface area (Å²) >= 11 is 6.48. The van der Waals surface area contributed by atoms with Crippen molar-refractivity contribution in [2.24, 2.45) is 0 Å². The second kappa shape index (κ2) is 8.67. The van der Waals surface area contributed by atoms with Crippen molar-refractivity contribution in [3.63, 3.8) is 0 Å². The Labute approximate surface area is 191 Å². The van der Waals surface area contributed by atoms with Crippen LogP contribution in [0.25, 0.3) is 22.3 Å². The molecule has 0 aliphatic carbocycles. The summed E-state index contributed by atoms with van der Waals surface area (Å²) in [6, 6.07) is 5.98. The lowest BCUT2D eigenvalue weighted by atomic mass is 10.0. The molecule has 1 aromatic carbocycles. The van der Waals surface area contributed by atoms with Crippen LogP contribution >= 0.6 is 11.6 Å². The lowest BCUT2D eigenvalue weighted by Crippen LogP contribution is -2.48. The number of hydrogen-bond acceptors (Lipinski definition) is 6. The molecule has 0 bridgehead atoms. The average Bonchev–Trinajstić information content (AvgIpc) is 3.50. The third-order valence-corrected chi connectivity index (χ3v) is 6.80. The molecule has 9 heteroatoms. The Morgan fingerprint density at radius 3 is 2.72 bits per heavy atom. The first kappa shape index (κ1) is 21.2. The van der Waals surface area contributed by atoms with Crippen LogP contribution in [0.15, 0.2) is 24.4 Å². The number of ether oxygens (including phenoxy) is 1. The van der Waals surface area contributed by atoms with E-state index in [0.29, 0.717) is 11.6 Å². The van der Waals surface area contributed by atoms with E-state index in [0.717, 1.165) is 72.6 Å². The number of rotatable bonds is 4. The van der Waals surface area contributed by atoms with Crippen molar-refractivity contribution in [2.75, 3.05) is 31.6 Å². The highest BCUT2D eigenvalue weighted by Gasteiger charge is 2.32. The molecule has 168 valence electrons. The van der Waals surface area contributed by atoms with Crippen LogP contribution in [-0.2, 0) is 9.53 Å². The van der Waals surface area contributed by atoms with Crippen molar-refractivity contribution in [1.29, 1.82) is 0 Å². The number of nitrogens with one attached hydrogen (secondary N) is 1. The molecule has 0 unspecified atom stereocenters. The van der Waals surface area contributed by atoms with Crippen LogP contribution in [0.5, 0.6) is 0 Å². The predicted octanol–water partition coefficient (Wildman–Crippen LogP) is 3.59. The highest BCUT2D eigenvalue weighted by atomic mass is 35.5. The molecule has 2 aliphatic heterocycles. The molecule has 0 radical (unpaired) electrons. The number of anilines is 1. The molecule has 5 rings (SSSR count). The minimum Gasteiger partial charge on any atom is -0.368 e. The quantitative estimate of drug-likeness (QED) is 0.648. The molecule has 2 fully saturated rings. The predicted molar refractivity (Wildman–Crippen MR) is 124 cm³/mol. The van der Waals surface area contributed by atoms with E-state index in [-0.39, 0.29) is 18.1 Å². The second-order valence-electron chi connectivity index (χ2n) is 8.65. The molecule has 8 nitrogen and oxygen atoms in total. The van der Waals surface area contributed by atoms with Crippen LogP contribution in [0.1, 0.15) is 31.4 Å². The average molecular weight is 455 g/mol. The monoisotopic (exact) mass is 454 g/mol. The molecule has 0 spiro atoms. The van der Waals surface area contributed by atoms with Gasteiger partial charge < -0.3 is 14.5 Å². The summed E-state index contributed by atoms with van der Waals surface area (Å²) in [7, 11) is 1.90. The number of likely N-dealkylation sites (N-methyl/N-ethyl adjacent to an activating group) is 1. The number of piperidine rings is 1. The van der Waals surface area contributed by atoms with Crippen LogP contribution in [0.3, 0.4) is 0 Å². The van der Waals surface area contributed by atoms with Gasteiger partial charge in [0.1, 0.15) is 11.9 Å². The van der Waals surface area contributed by atoms with E-state index in [1.54, 1.807) is 6.20 Å². The fraction of sp³-hybridized carbons (Fsp3) is 0.478. The summed E-state index contributed by atoms with van der Waals surface area (Å²) in [6.45, 7) is 4.30. The number of nitrogens with zero attached hydrogens (tertiary/aromatic N) is 5. The smallest absolute Gasteiger partial charge is 0.251 e. The van der Waals surface area contributed by atoms with E-state index in [1.165, 1.54) is 0 Å². The third kappa shape index (κ3) is 4.04. The van der Waals surface area contributed by atoms with Gasteiger partial charge in [0.05, 0.1) is 27.9 Å². The fourth-order valence-corrected chi connectivity index (χ4v) is 4.84. The van der Waals surface area contributed by atoms with Gasteiger partial charge in [-0.05, 0) is 50.8 Å². The van der Waals surface area contributed by atoms with Gasteiger partial charge in [-0.2, -0.15) is 5.10 Å². The first-order valence-electron chi connectivity index (χ1n) is 11.1. The molecular formula is C23H27ClN6O2. The Bertz CT molecular complexity index is 1130. The minimum atomic E-state index is -0.260. The van der Waals surface area contributed by atoms with Crippen molar-refractivity contribution in [3.8, 4) is 11.3 Å². The van der Waals surface area contributed by atoms with E-state index in [9.17, 15) is 4.79 Å². The third-order valence-electron chi connectivity index (χ3n) is 6.49. The Kier molecular flexibility index (Phi) is 5.73. The van der Waals surface area contributed by atoms with Gasteiger partial charge in [-0.15, -0.1) is 0 Å². The van der Waals surface area contributed by atoms with Gasteiger partial charge in [0, 0.05) is 44.0 Å². The van der Waals surface area contributed by atoms with E-state index in [1.807, 2.05) is 37.1 Å². The molecule has 2 aromatic heterocycles. The number of aromatic nitrogens is 4. The molecule has 1 atom stereocenters. The minimum absolute atomic E-state index is 0.115. The van der Waals surface area contributed by atoms with Gasteiger partial charge in [-0.25, -0.2) is 4.98 Å². The highest BCUT2D eigenvalue weighted by Crippen LogP contribution is 2.31. The number of H-pyrrole nitrogens is 1. The number of fused-ring (bicyclic) bond motifs is 1. The lowest BCUT2D eigenvalue weighted by Gasteiger charge is -2.37. The number of amides is 1. The van der Waals surface area contributed by atoms with Crippen LogP contribution in [-0.4, -0.2) is 69.9 Å². The van der Waals surface area contributed by atoms with E-state index < -0.39 is 0 Å². The van der Waals surface area contributed by atoms with Gasteiger partial charge in [0.25, 0.3) is 5.91 Å². The molecule has 0 saturated carbocycles. The maximum Gasteiger partial charge on any atom is 0.251 e. The number of hydrogen-bond donors (Lipinski definition) is 1. The number of aromatic amines is 1. The Morgan fingerprint density at radius 2 is 2.03 bits per heavy atom. The van der Waals surface area contributed by atoms with Crippen LogP contribution in [0.4, 0.5) is 5.82 Å². The summed E-state index contributed by atoms with van der Waals surface area (Å²) < 4.78 is 5.57. The number of carbonyl (C=O) groups excluding carboxylic acids is 1. The number of carbonyl (C=O) groups is 1. The highest BCUT2D eigenvalue weighted by molar-refractivity contribution is 6.34. The Hall–Kier alpha value is -2.71. The molecule has 32 heavy (non-hydrogen) atoms. The maximum absolute atomic E-state index is 12.7. The molecular weight excluding hydrogens is 428 g/mol. The Morgan fingerprint density at radius 1 is 1.22 bits per heavy atom. The van der Waals surface area contributed by atoms with Gasteiger partial charge in [-0.1, -0.05) is 11.6 Å². The van der Waals surface area contributed by atoms with Gasteiger partial charge >= 0.3 is 0 Å². The molecule has 1 N–H and O–H groups in total. The van der Waals surface area contributed by atoms with E-state index in [2.05, 4.69) is 20.1 Å². The number of halogens is 1. The van der Waals surface area contributed by atoms with Crippen molar-refractivity contribution < 1.29 is 9.53 Å². The molecule has 4 heterocycles. The van der Waals surface area contributed by atoms with Crippen molar-refractivity contribution in [2.45, 2.75) is 44.8 Å². The van der Waals surface area contributed by atoms with Crippen LogP contribution in [0, 0.1) is 6.92 Å². The van der Waals surface area contributed by atoms with Crippen LogP contribution < -0.4 is 4.90 Å². The van der Waals surface area contributed by atoms with Gasteiger partial charge in [0.2, 0.25) is 0 Å². The molecule has 3 aromatic rings. The first-order valence-corrected chi connectivity index (χ1v) is 11.5. The maximum atomic E-state index is 12.7. The zero-order valence-corrected chi connectivity index (χ0v) is 19.1. The normalized spacial score (nSPS) is 19.6. The molecule has 2 saturated heterocycles. The SMILES string of the molecule is Cc1cc(-c2cc3nc(N4CCC(N(C)C(=O)[C@H]5CCCO5)CC4)cnc3cc2Cl)n[nH]1. The second-order valence-corrected chi connectivity index (χ2v) is 9.06. The zero-order chi connectivity index (χ0) is 22.2. The molecule has 1 amide bonds. The molecule has 2 aliphatic rings. The summed E-state index contributed by atoms with van der Waals surface area (Å²) in [6.07, 6.45) is 5.14. The van der Waals surface area contributed by atoms with E-state index >= 15 is 0 Å². The van der Waals surface area contributed by atoms with Crippen molar-refractivity contribution >= 4 is 34.4 Å². The zero-order valence-electron chi connectivity index (χ0n) is 18.3. The van der Waals surface area contributed by atoms with Crippen molar-refractivity contribution in [1.82, 2.24) is 25.1 Å². The summed E-state index contributed by atoms with van der Waals surface area (Å²) in [5, 5.41) is 7.88. The van der Waals surface area contributed by atoms with Crippen molar-refractivity contribution in [3.05, 3.63) is 35.1 Å².